The minimum absolute atomic E-state index is 0.0159. The number of hydrogen-bond acceptors (Lipinski definition) is 3. The Morgan fingerprint density at radius 1 is 1.67 bits per heavy atom. The van der Waals surface area contributed by atoms with Crippen molar-refractivity contribution in [1.29, 1.82) is 0 Å². The number of rotatable bonds is 2. The Morgan fingerprint density at radius 3 is 3.07 bits per heavy atom. The van der Waals surface area contributed by atoms with Gasteiger partial charge in [0.25, 0.3) is 0 Å². The Kier molecular flexibility index (Phi) is 2.87. The molecule has 2 unspecified atom stereocenters. The van der Waals surface area contributed by atoms with Crippen molar-refractivity contribution in [2.24, 2.45) is 5.73 Å². The van der Waals surface area contributed by atoms with Crippen LogP contribution in [0.25, 0.3) is 0 Å². The van der Waals surface area contributed by atoms with E-state index >= 15 is 0 Å². The molecule has 0 bridgehead atoms. The van der Waals surface area contributed by atoms with E-state index in [4.69, 9.17) is 17.3 Å². The Morgan fingerprint density at radius 2 is 2.40 bits per heavy atom. The van der Waals surface area contributed by atoms with Crippen molar-refractivity contribution in [3.63, 3.8) is 0 Å². The molecule has 0 spiro atoms. The molecule has 1 heterocycles. The number of fused-ring (bicyclic) bond motifs is 1. The molecule has 1 aliphatic heterocycles. The number of aliphatic hydroxyl groups excluding tert-OH is 1. The predicted molar refractivity (Wildman–Crippen MR) is 62.4 cm³/mol. The van der Waals surface area contributed by atoms with Crippen LogP contribution in [0.3, 0.4) is 0 Å². The topological polar surface area (TPSA) is 58.3 Å². The lowest BCUT2D eigenvalue weighted by Crippen LogP contribution is -2.37. The smallest absolute Gasteiger partial charge is 0.0866 e. The average molecular weight is 227 g/mol. The standard InChI is InChI=1S/C11H15ClN2O/c1-6-8(12)3-2-7-4-9(10(15)5-13)14-11(6)7/h2-3,9-10,14-15H,4-5,13H2,1H3. The molecule has 0 amide bonds. The minimum atomic E-state index is -0.504. The zero-order valence-electron chi connectivity index (χ0n) is 8.63. The first-order valence-electron chi connectivity index (χ1n) is 5.06. The predicted octanol–water partition coefficient (Wildman–Crippen LogP) is 1.30. The molecule has 0 fully saturated rings. The number of anilines is 1. The molecule has 0 aromatic heterocycles. The zero-order chi connectivity index (χ0) is 11.0. The van der Waals surface area contributed by atoms with Gasteiger partial charge in [-0.3, -0.25) is 0 Å². The van der Waals surface area contributed by atoms with Crippen molar-refractivity contribution < 1.29 is 5.11 Å². The molecule has 1 aromatic carbocycles. The molecule has 0 saturated carbocycles. The van der Waals surface area contributed by atoms with E-state index in [9.17, 15) is 5.11 Å². The molecule has 0 saturated heterocycles. The Balaban J connectivity index is 2.27. The summed E-state index contributed by atoms with van der Waals surface area (Å²) in [5.41, 5.74) is 8.74. The third-order valence-corrected chi connectivity index (χ3v) is 3.37. The zero-order valence-corrected chi connectivity index (χ0v) is 9.38. The fraction of sp³-hybridized carbons (Fsp3) is 0.455. The second-order valence-corrected chi connectivity index (χ2v) is 4.37. The van der Waals surface area contributed by atoms with Gasteiger partial charge in [0.05, 0.1) is 12.1 Å². The molecule has 2 atom stereocenters. The molecule has 4 N–H and O–H groups in total. The van der Waals surface area contributed by atoms with E-state index in [-0.39, 0.29) is 12.6 Å². The number of nitrogens with two attached hydrogens (primary N) is 1. The minimum Gasteiger partial charge on any atom is -0.390 e. The second-order valence-electron chi connectivity index (χ2n) is 3.96. The third-order valence-electron chi connectivity index (χ3n) is 2.96. The number of halogens is 1. The first kappa shape index (κ1) is 10.7. The van der Waals surface area contributed by atoms with Crippen molar-refractivity contribution >= 4 is 17.3 Å². The molecule has 4 heteroatoms. The van der Waals surface area contributed by atoms with Gasteiger partial charge in [-0.25, -0.2) is 0 Å². The molecule has 0 radical (unpaired) electrons. The summed E-state index contributed by atoms with van der Waals surface area (Å²) in [7, 11) is 0. The summed E-state index contributed by atoms with van der Waals surface area (Å²) < 4.78 is 0. The largest absolute Gasteiger partial charge is 0.390 e. The first-order chi connectivity index (χ1) is 7.13. The fourth-order valence-corrected chi connectivity index (χ4v) is 2.14. The molecule has 82 valence electrons. The summed E-state index contributed by atoms with van der Waals surface area (Å²) in [5.74, 6) is 0. The highest BCUT2D eigenvalue weighted by Crippen LogP contribution is 2.34. The summed E-state index contributed by atoms with van der Waals surface area (Å²) in [4.78, 5) is 0. The van der Waals surface area contributed by atoms with Crippen LogP contribution in [-0.2, 0) is 6.42 Å². The van der Waals surface area contributed by atoms with E-state index in [0.29, 0.717) is 0 Å². The summed E-state index contributed by atoms with van der Waals surface area (Å²) in [6, 6.07) is 3.91. The van der Waals surface area contributed by atoms with Gasteiger partial charge in [0.2, 0.25) is 0 Å². The molecule has 0 aliphatic carbocycles. The lowest BCUT2D eigenvalue weighted by molar-refractivity contribution is 0.162. The Bertz CT molecular complexity index is 381. The Labute approximate surface area is 94.2 Å². The number of aliphatic hydroxyl groups is 1. The first-order valence-corrected chi connectivity index (χ1v) is 5.44. The number of hydrogen-bond donors (Lipinski definition) is 3. The third kappa shape index (κ3) is 1.83. The maximum Gasteiger partial charge on any atom is 0.0866 e. The van der Waals surface area contributed by atoms with Crippen molar-refractivity contribution in [1.82, 2.24) is 0 Å². The molecule has 1 aromatic rings. The van der Waals surface area contributed by atoms with Crippen LogP contribution < -0.4 is 11.1 Å². The van der Waals surface area contributed by atoms with Crippen LogP contribution in [0.4, 0.5) is 5.69 Å². The fourth-order valence-electron chi connectivity index (χ4n) is 1.98. The van der Waals surface area contributed by atoms with E-state index in [1.165, 1.54) is 5.56 Å². The van der Waals surface area contributed by atoms with Crippen LogP contribution in [0.2, 0.25) is 5.02 Å². The van der Waals surface area contributed by atoms with Crippen molar-refractivity contribution in [2.75, 3.05) is 11.9 Å². The lowest BCUT2D eigenvalue weighted by atomic mass is 10.0. The van der Waals surface area contributed by atoms with E-state index in [0.717, 1.165) is 22.7 Å². The SMILES string of the molecule is Cc1c(Cl)ccc2c1NC(C(O)CN)C2. The lowest BCUT2D eigenvalue weighted by Gasteiger charge is -2.17. The van der Waals surface area contributed by atoms with Crippen LogP contribution in [0, 0.1) is 6.92 Å². The summed E-state index contributed by atoms with van der Waals surface area (Å²) >= 11 is 6.03. The summed E-state index contributed by atoms with van der Waals surface area (Å²) in [6.45, 7) is 2.25. The van der Waals surface area contributed by atoms with Crippen molar-refractivity contribution in [3.05, 3.63) is 28.3 Å². The molecular weight excluding hydrogens is 212 g/mol. The van der Waals surface area contributed by atoms with E-state index < -0.39 is 6.10 Å². The number of nitrogens with one attached hydrogen (secondary N) is 1. The monoisotopic (exact) mass is 226 g/mol. The van der Waals surface area contributed by atoms with Gasteiger partial charge >= 0.3 is 0 Å². The highest BCUT2D eigenvalue weighted by atomic mass is 35.5. The average Bonchev–Trinajstić information content (AvgIpc) is 2.67. The van der Waals surface area contributed by atoms with Gasteiger partial charge in [-0.15, -0.1) is 0 Å². The summed E-state index contributed by atoms with van der Waals surface area (Å²) in [5, 5.41) is 13.7. The van der Waals surface area contributed by atoms with Crippen molar-refractivity contribution in [2.45, 2.75) is 25.5 Å². The maximum absolute atomic E-state index is 9.67. The summed E-state index contributed by atoms with van der Waals surface area (Å²) in [6.07, 6.45) is 0.307. The van der Waals surface area contributed by atoms with Gasteiger partial charge in [-0.2, -0.15) is 0 Å². The highest BCUT2D eigenvalue weighted by molar-refractivity contribution is 6.31. The molecule has 2 rings (SSSR count). The second kappa shape index (κ2) is 4.00. The van der Waals surface area contributed by atoms with Gasteiger partial charge in [0.1, 0.15) is 0 Å². The van der Waals surface area contributed by atoms with Crippen LogP contribution in [0.15, 0.2) is 12.1 Å². The maximum atomic E-state index is 9.67. The Hall–Kier alpha value is -0.770. The van der Waals surface area contributed by atoms with E-state index in [1.54, 1.807) is 0 Å². The van der Waals surface area contributed by atoms with Gasteiger partial charge in [0, 0.05) is 17.3 Å². The van der Waals surface area contributed by atoms with Crippen LogP contribution >= 0.6 is 11.6 Å². The van der Waals surface area contributed by atoms with E-state index in [1.807, 2.05) is 19.1 Å². The highest BCUT2D eigenvalue weighted by Gasteiger charge is 2.27. The van der Waals surface area contributed by atoms with Crippen LogP contribution in [0.5, 0.6) is 0 Å². The van der Waals surface area contributed by atoms with E-state index in [2.05, 4.69) is 5.32 Å². The molecule has 1 aliphatic rings. The van der Waals surface area contributed by atoms with Crippen LogP contribution in [0.1, 0.15) is 11.1 Å². The van der Waals surface area contributed by atoms with Gasteiger partial charge in [0.15, 0.2) is 0 Å². The van der Waals surface area contributed by atoms with Gasteiger partial charge in [-0.05, 0) is 30.5 Å². The molecular formula is C11H15ClN2O. The normalized spacial score (nSPS) is 20.9. The number of benzene rings is 1. The van der Waals surface area contributed by atoms with Crippen molar-refractivity contribution in [3.8, 4) is 0 Å². The van der Waals surface area contributed by atoms with Gasteiger partial charge < -0.3 is 16.2 Å². The van der Waals surface area contributed by atoms with Gasteiger partial charge in [-0.1, -0.05) is 17.7 Å². The molecule has 3 nitrogen and oxygen atoms in total. The van der Waals surface area contributed by atoms with Crippen LogP contribution in [-0.4, -0.2) is 23.8 Å². The quantitative estimate of drug-likeness (QED) is 0.713. The molecule has 15 heavy (non-hydrogen) atoms.